The van der Waals surface area contributed by atoms with Gasteiger partial charge in [-0.1, -0.05) is 24.3 Å². The number of amides is 1. The predicted octanol–water partition coefficient (Wildman–Crippen LogP) is 3.44. The van der Waals surface area contributed by atoms with Gasteiger partial charge in [0.1, 0.15) is 6.61 Å². The maximum Gasteiger partial charge on any atom is 0.242 e. The van der Waals surface area contributed by atoms with E-state index in [1.807, 2.05) is 24.8 Å². The van der Waals surface area contributed by atoms with Crippen molar-refractivity contribution in [1.82, 2.24) is 19.9 Å². The van der Waals surface area contributed by atoms with E-state index in [-0.39, 0.29) is 12.0 Å². The van der Waals surface area contributed by atoms with Gasteiger partial charge < -0.3 is 14.4 Å². The van der Waals surface area contributed by atoms with Crippen molar-refractivity contribution in [3.05, 3.63) is 48.3 Å². The van der Waals surface area contributed by atoms with Crippen LogP contribution in [0.25, 0.3) is 22.3 Å². The van der Waals surface area contributed by atoms with E-state index in [9.17, 15) is 4.79 Å². The molecule has 1 aliphatic rings. The number of likely N-dealkylation sites (tertiary alicyclic amines) is 1. The van der Waals surface area contributed by atoms with Crippen molar-refractivity contribution in [2.45, 2.75) is 32.8 Å². The number of hydrogen-bond donors (Lipinski definition) is 0. The minimum atomic E-state index is -0.0384. The van der Waals surface area contributed by atoms with E-state index in [4.69, 9.17) is 14.5 Å². The zero-order valence-electron chi connectivity index (χ0n) is 17.5. The average molecular weight is 406 g/mol. The Labute approximate surface area is 176 Å². The molecule has 4 rings (SSSR count). The van der Waals surface area contributed by atoms with Crippen LogP contribution in [0.4, 0.5) is 0 Å². The number of pyridine rings is 1. The van der Waals surface area contributed by atoms with Crippen LogP contribution in [-0.4, -0.2) is 58.2 Å². The number of carbonyl (C=O) groups is 1. The minimum Gasteiger partial charge on any atom is -0.473 e. The van der Waals surface area contributed by atoms with E-state index in [0.29, 0.717) is 30.5 Å². The van der Waals surface area contributed by atoms with Crippen molar-refractivity contribution in [1.29, 1.82) is 0 Å². The lowest BCUT2D eigenvalue weighted by molar-refractivity contribution is -0.133. The third-order valence-electron chi connectivity index (χ3n) is 5.34. The topological polar surface area (TPSA) is 77.4 Å². The molecule has 7 heteroatoms. The second-order valence-electron chi connectivity index (χ2n) is 7.56. The van der Waals surface area contributed by atoms with E-state index in [2.05, 4.69) is 34.2 Å². The number of hydrogen-bond acceptors (Lipinski definition) is 6. The summed E-state index contributed by atoms with van der Waals surface area (Å²) in [4.78, 5) is 26.8. The average Bonchev–Trinajstić information content (AvgIpc) is 2.71. The highest BCUT2D eigenvalue weighted by molar-refractivity contribution is 5.83. The molecule has 0 saturated carbocycles. The van der Waals surface area contributed by atoms with Crippen molar-refractivity contribution >= 4 is 16.9 Å². The van der Waals surface area contributed by atoms with Gasteiger partial charge >= 0.3 is 0 Å². The van der Waals surface area contributed by atoms with E-state index in [1.54, 1.807) is 19.3 Å². The Morgan fingerprint density at radius 1 is 1.20 bits per heavy atom. The van der Waals surface area contributed by atoms with Gasteiger partial charge in [0, 0.05) is 50.5 Å². The number of fused-ring (bicyclic) bond motifs is 1. The van der Waals surface area contributed by atoms with Gasteiger partial charge in [-0.3, -0.25) is 9.78 Å². The van der Waals surface area contributed by atoms with Crippen LogP contribution in [0, 0.1) is 0 Å². The highest BCUT2D eigenvalue weighted by Gasteiger charge is 2.29. The Bertz CT molecular complexity index is 1030. The molecule has 1 atom stereocenters. The van der Waals surface area contributed by atoms with Crippen molar-refractivity contribution < 1.29 is 14.3 Å². The molecule has 2 aromatic heterocycles. The Balaban J connectivity index is 1.57. The van der Waals surface area contributed by atoms with Crippen LogP contribution in [0.5, 0.6) is 5.88 Å². The van der Waals surface area contributed by atoms with Crippen molar-refractivity contribution in [2.24, 2.45) is 0 Å². The zero-order chi connectivity index (χ0) is 21.1. The summed E-state index contributed by atoms with van der Waals surface area (Å²) in [5.74, 6) is 0.996. The van der Waals surface area contributed by atoms with Crippen LogP contribution >= 0.6 is 0 Å². The minimum absolute atomic E-state index is 0.0384. The molecule has 0 bridgehead atoms. The molecule has 1 fully saturated rings. The first kappa shape index (κ1) is 20.2. The summed E-state index contributed by atoms with van der Waals surface area (Å²) in [6.45, 7) is 8.14. The molecule has 3 heterocycles. The fraction of sp³-hybridized carbons (Fsp3) is 0.391. The molecule has 0 unspecified atom stereocenters. The van der Waals surface area contributed by atoms with Gasteiger partial charge in [0.15, 0.2) is 5.52 Å². The first-order chi connectivity index (χ1) is 14.5. The number of carbonyl (C=O) groups excluding carboxylic acids is 1. The van der Waals surface area contributed by atoms with Crippen molar-refractivity contribution in [3.8, 4) is 17.1 Å². The molecule has 1 saturated heterocycles. The molecule has 1 aliphatic heterocycles. The molecular formula is C23H26N4O3. The fourth-order valence-electron chi connectivity index (χ4n) is 3.59. The molecule has 0 N–H and O–H groups in total. The Morgan fingerprint density at radius 3 is 2.63 bits per heavy atom. The number of aromatic nitrogens is 3. The largest absolute Gasteiger partial charge is 0.473 e. The standard InChI is InChI=1S/C23H26N4O3/c1-4-29-15(2)14-30-23-22-21(24-9-10-25-22)11-20(26-23)18-7-5-17(6-8-18)19-12-27(13-19)16(3)28/h5-11,15,19H,4,12-14H2,1-3H3/t15-/m0/s1. The van der Waals surface area contributed by atoms with Gasteiger partial charge in [-0.05, 0) is 25.5 Å². The van der Waals surface area contributed by atoms with Gasteiger partial charge in [0.05, 0.1) is 17.3 Å². The van der Waals surface area contributed by atoms with E-state index in [1.165, 1.54) is 5.56 Å². The maximum absolute atomic E-state index is 11.4. The summed E-state index contributed by atoms with van der Waals surface area (Å²) >= 11 is 0. The molecule has 7 nitrogen and oxygen atoms in total. The lowest BCUT2D eigenvalue weighted by Crippen LogP contribution is -2.47. The highest BCUT2D eigenvalue weighted by atomic mass is 16.5. The Kier molecular flexibility index (Phi) is 5.90. The first-order valence-electron chi connectivity index (χ1n) is 10.3. The molecule has 0 spiro atoms. The summed E-state index contributed by atoms with van der Waals surface area (Å²) < 4.78 is 11.5. The number of benzene rings is 1. The van der Waals surface area contributed by atoms with Gasteiger partial charge in [0.25, 0.3) is 0 Å². The third kappa shape index (κ3) is 4.26. The van der Waals surface area contributed by atoms with E-state index >= 15 is 0 Å². The SMILES string of the molecule is CCO[C@@H](C)COc1nc(-c2ccc(C3CN(C(C)=O)C3)cc2)cc2nccnc12. The van der Waals surface area contributed by atoms with E-state index in [0.717, 1.165) is 29.9 Å². The highest BCUT2D eigenvalue weighted by Crippen LogP contribution is 2.31. The summed E-state index contributed by atoms with van der Waals surface area (Å²) in [7, 11) is 0. The van der Waals surface area contributed by atoms with Crippen LogP contribution in [0.2, 0.25) is 0 Å². The van der Waals surface area contributed by atoms with Crippen LogP contribution in [0.1, 0.15) is 32.3 Å². The molecule has 156 valence electrons. The third-order valence-corrected chi connectivity index (χ3v) is 5.34. The molecule has 30 heavy (non-hydrogen) atoms. The van der Waals surface area contributed by atoms with Gasteiger partial charge in [0.2, 0.25) is 11.8 Å². The normalized spacial score (nSPS) is 15.1. The van der Waals surface area contributed by atoms with Crippen LogP contribution in [0.3, 0.4) is 0 Å². The second-order valence-corrected chi connectivity index (χ2v) is 7.56. The quantitative estimate of drug-likeness (QED) is 0.598. The number of nitrogens with zero attached hydrogens (tertiary/aromatic N) is 4. The molecule has 3 aromatic rings. The van der Waals surface area contributed by atoms with Gasteiger partial charge in [-0.2, -0.15) is 0 Å². The molecule has 1 amide bonds. The fourth-order valence-corrected chi connectivity index (χ4v) is 3.59. The van der Waals surface area contributed by atoms with Crippen molar-refractivity contribution in [2.75, 3.05) is 26.3 Å². The van der Waals surface area contributed by atoms with Crippen LogP contribution in [-0.2, 0) is 9.53 Å². The van der Waals surface area contributed by atoms with Gasteiger partial charge in [-0.25, -0.2) is 9.97 Å². The monoisotopic (exact) mass is 406 g/mol. The van der Waals surface area contributed by atoms with Gasteiger partial charge in [-0.15, -0.1) is 0 Å². The molecule has 1 aromatic carbocycles. The predicted molar refractivity (Wildman–Crippen MR) is 114 cm³/mol. The van der Waals surface area contributed by atoms with Crippen LogP contribution in [0.15, 0.2) is 42.7 Å². The Morgan fingerprint density at radius 2 is 1.93 bits per heavy atom. The lowest BCUT2D eigenvalue weighted by atomic mass is 9.90. The van der Waals surface area contributed by atoms with Crippen molar-refractivity contribution in [3.63, 3.8) is 0 Å². The summed E-state index contributed by atoms with van der Waals surface area (Å²) in [6, 6.07) is 10.3. The second kappa shape index (κ2) is 8.75. The molecule has 0 aliphatic carbocycles. The summed E-state index contributed by atoms with van der Waals surface area (Å²) in [5, 5.41) is 0. The maximum atomic E-state index is 11.4. The smallest absolute Gasteiger partial charge is 0.242 e. The summed E-state index contributed by atoms with van der Waals surface area (Å²) in [5.41, 5.74) is 4.38. The molecule has 0 radical (unpaired) electrons. The summed E-state index contributed by atoms with van der Waals surface area (Å²) in [6.07, 6.45) is 3.27. The zero-order valence-corrected chi connectivity index (χ0v) is 17.5. The van der Waals surface area contributed by atoms with E-state index < -0.39 is 0 Å². The molecular weight excluding hydrogens is 380 g/mol. The lowest BCUT2D eigenvalue weighted by Gasteiger charge is -2.39. The van der Waals surface area contributed by atoms with Crippen LogP contribution < -0.4 is 4.74 Å². The number of ether oxygens (including phenoxy) is 2. The number of rotatable bonds is 7. The Hall–Kier alpha value is -3.06. The first-order valence-corrected chi connectivity index (χ1v) is 10.3.